The zero-order valence-corrected chi connectivity index (χ0v) is 18.0. The first kappa shape index (κ1) is 20.6. The lowest BCUT2D eigenvalue weighted by molar-refractivity contribution is 0.174. The highest BCUT2D eigenvalue weighted by Gasteiger charge is 2.30. The van der Waals surface area contributed by atoms with E-state index in [2.05, 4.69) is 9.62 Å². The molecule has 1 N–H and O–H groups in total. The monoisotopic (exact) mass is 458 g/mol. The van der Waals surface area contributed by atoms with E-state index in [1.165, 1.54) is 13.2 Å². The molecule has 0 spiro atoms. The van der Waals surface area contributed by atoms with Crippen LogP contribution in [0.5, 0.6) is 17.2 Å². The molecule has 1 saturated heterocycles. The van der Waals surface area contributed by atoms with Crippen LogP contribution in [0.3, 0.4) is 0 Å². The molecule has 10 heteroatoms. The van der Waals surface area contributed by atoms with Gasteiger partial charge in [-0.25, -0.2) is 13.1 Å². The second-order valence-corrected chi connectivity index (χ2v) is 9.46. The lowest BCUT2D eigenvalue weighted by Gasteiger charge is -2.18. The molecular formula is C19H20Cl2N2O5S. The van der Waals surface area contributed by atoms with Crippen LogP contribution in [0.4, 0.5) is 0 Å². The Bertz CT molecular complexity index is 1030. The van der Waals surface area contributed by atoms with E-state index < -0.39 is 10.0 Å². The summed E-state index contributed by atoms with van der Waals surface area (Å²) in [6.45, 7) is 2.08. The van der Waals surface area contributed by atoms with Crippen molar-refractivity contribution >= 4 is 33.2 Å². The average Bonchev–Trinajstić information content (AvgIpc) is 3.30. The maximum absolute atomic E-state index is 12.8. The molecule has 4 rings (SSSR count). The molecule has 0 radical (unpaired) electrons. The number of hydrogen-bond donors (Lipinski definition) is 1. The van der Waals surface area contributed by atoms with Crippen molar-refractivity contribution in [2.75, 3.05) is 27.0 Å². The summed E-state index contributed by atoms with van der Waals surface area (Å²) >= 11 is 12.3. The quantitative estimate of drug-likeness (QED) is 0.715. The van der Waals surface area contributed by atoms with Crippen molar-refractivity contribution in [3.63, 3.8) is 0 Å². The Hall–Kier alpha value is -1.71. The number of halogens is 2. The van der Waals surface area contributed by atoms with Gasteiger partial charge in [-0.1, -0.05) is 23.2 Å². The summed E-state index contributed by atoms with van der Waals surface area (Å²) in [5, 5.41) is 0.929. The normalized spacial score (nSPS) is 18.9. The molecule has 0 aromatic heterocycles. The molecule has 2 heterocycles. The molecule has 0 amide bonds. The predicted octanol–water partition coefficient (Wildman–Crippen LogP) is 3.28. The molecule has 7 nitrogen and oxygen atoms in total. The van der Waals surface area contributed by atoms with Crippen molar-refractivity contribution in [2.45, 2.75) is 23.9 Å². The van der Waals surface area contributed by atoms with Crippen LogP contribution in [0.15, 0.2) is 35.2 Å². The van der Waals surface area contributed by atoms with Crippen molar-refractivity contribution in [1.82, 2.24) is 9.62 Å². The molecule has 0 bridgehead atoms. The van der Waals surface area contributed by atoms with Crippen molar-refractivity contribution in [3.8, 4) is 17.2 Å². The van der Waals surface area contributed by atoms with Crippen molar-refractivity contribution in [2.24, 2.45) is 0 Å². The van der Waals surface area contributed by atoms with E-state index in [1.807, 2.05) is 6.07 Å². The zero-order valence-electron chi connectivity index (χ0n) is 15.7. The van der Waals surface area contributed by atoms with Gasteiger partial charge in [-0.05, 0) is 36.2 Å². The van der Waals surface area contributed by atoms with E-state index in [4.69, 9.17) is 37.4 Å². The molecule has 29 heavy (non-hydrogen) atoms. The number of methoxy groups -OCH3 is 1. The van der Waals surface area contributed by atoms with Crippen LogP contribution in [-0.4, -0.2) is 46.4 Å². The molecule has 1 atom stereocenters. The summed E-state index contributed by atoms with van der Waals surface area (Å²) in [7, 11) is -2.34. The number of sulfonamides is 1. The Balaban J connectivity index is 1.44. The van der Waals surface area contributed by atoms with Crippen molar-refractivity contribution in [3.05, 3.63) is 45.9 Å². The minimum Gasteiger partial charge on any atom is -0.495 e. The molecule has 2 aliphatic heterocycles. The van der Waals surface area contributed by atoms with E-state index in [9.17, 15) is 8.42 Å². The Kier molecular flexibility index (Phi) is 5.81. The molecule has 2 aliphatic rings. The fraction of sp³-hybridized carbons (Fsp3) is 0.368. The molecule has 0 aliphatic carbocycles. The van der Waals surface area contributed by atoms with Crippen LogP contribution < -0.4 is 18.9 Å². The summed E-state index contributed by atoms with van der Waals surface area (Å²) in [5.41, 5.74) is 0.913. The minimum absolute atomic E-state index is 0.0322. The first-order valence-electron chi connectivity index (χ1n) is 9.02. The van der Waals surface area contributed by atoms with Gasteiger partial charge in [-0.2, -0.15) is 0 Å². The Morgan fingerprint density at radius 3 is 2.72 bits per heavy atom. The number of benzene rings is 2. The lowest BCUT2D eigenvalue weighted by atomic mass is 10.2. The standard InChI is InChI=1S/C19H20Cl2N2O5S/c1-26-16-3-2-13(20)7-19(16)29(24,25)22-14-4-5-23(10-14)9-12-6-17-18(8-15(12)21)28-11-27-17/h2-3,6-8,14,22H,4-5,9-11H2,1H3. The Labute approximate surface area is 179 Å². The molecule has 2 aromatic rings. The van der Waals surface area contributed by atoms with Crippen molar-refractivity contribution in [1.29, 1.82) is 0 Å². The van der Waals surface area contributed by atoms with Crippen LogP contribution in [0.1, 0.15) is 12.0 Å². The van der Waals surface area contributed by atoms with Crippen LogP contribution in [0.25, 0.3) is 0 Å². The van der Waals surface area contributed by atoms with E-state index in [1.54, 1.807) is 18.2 Å². The van der Waals surface area contributed by atoms with Crippen LogP contribution in [0, 0.1) is 0 Å². The summed E-state index contributed by atoms with van der Waals surface area (Å²) in [6, 6.07) is 7.92. The van der Waals surface area contributed by atoms with Gasteiger partial charge in [-0.3, -0.25) is 4.90 Å². The Morgan fingerprint density at radius 2 is 1.97 bits per heavy atom. The van der Waals surface area contributed by atoms with Gasteiger partial charge in [0.25, 0.3) is 0 Å². The minimum atomic E-state index is -3.77. The number of likely N-dealkylation sites (tertiary alicyclic amines) is 1. The van der Waals surface area contributed by atoms with Gasteiger partial charge in [-0.15, -0.1) is 0 Å². The number of nitrogens with one attached hydrogen (secondary N) is 1. The summed E-state index contributed by atoms with van der Waals surface area (Å²) < 4.78 is 44.4. The van der Waals surface area contributed by atoms with Gasteiger partial charge in [0.05, 0.1) is 7.11 Å². The number of nitrogens with zero attached hydrogens (tertiary/aromatic N) is 1. The lowest BCUT2D eigenvalue weighted by Crippen LogP contribution is -2.37. The number of ether oxygens (including phenoxy) is 3. The van der Waals surface area contributed by atoms with E-state index in [0.29, 0.717) is 41.1 Å². The summed E-state index contributed by atoms with van der Waals surface area (Å²) in [5.74, 6) is 1.57. The number of hydrogen-bond acceptors (Lipinski definition) is 6. The third kappa shape index (κ3) is 4.41. The summed E-state index contributed by atoms with van der Waals surface area (Å²) in [6.07, 6.45) is 0.685. The number of rotatable bonds is 6. The van der Waals surface area contributed by atoms with Crippen LogP contribution in [0.2, 0.25) is 10.0 Å². The average molecular weight is 459 g/mol. The molecule has 2 aromatic carbocycles. The van der Waals surface area contributed by atoms with Gasteiger partial charge >= 0.3 is 0 Å². The maximum atomic E-state index is 12.8. The first-order valence-corrected chi connectivity index (χ1v) is 11.3. The van der Waals surface area contributed by atoms with Gasteiger partial charge in [0.15, 0.2) is 11.5 Å². The third-order valence-electron chi connectivity index (χ3n) is 4.94. The third-order valence-corrected chi connectivity index (χ3v) is 7.07. The van der Waals surface area contributed by atoms with Crippen molar-refractivity contribution < 1.29 is 22.6 Å². The van der Waals surface area contributed by atoms with Gasteiger partial charge in [0, 0.05) is 41.8 Å². The molecule has 156 valence electrons. The van der Waals surface area contributed by atoms with E-state index >= 15 is 0 Å². The first-order chi connectivity index (χ1) is 13.9. The Morgan fingerprint density at radius 1 is 1.21 bits per heavy atom. The van der Waals surface area contributed by atoms with Crippen LogP contribution in [-0.2, 0) is 16.6 Å². The SMILES string of the molecule is COc1ccc(Cl)cc1S(=O)(=O)NC1CCN(Cc2cc3c(cc2Cl)OCO3)C1. The molecular weight excluding hydrogens is 439 g/mol. The topological polar surface area (TPSA) is 77.1 Å². The fourth-order valence-electron chi connectivity index (χ4n) is 3.54. The largest absolute Gasteiger partial charge is 0.495 e. The fourth-order valence-corrected chi connectivity index (χ4v) is 5.44. The second kappa shape index (κ2) is 8.20. The zero-order chi connectivity index (χ0) is 20.6. The predicted molar refractivity (Wildman–Crippen MR) is 110 cm³/mol. The highest BCUT2D eigenvalue weighted by Crippen LogP contribution is 2.37. The molecule has 0 saturated carbocycles. The van der Waals surface area contributed by atoms with Gasteiger partial charge in [0.1, 0.15) is 10.6 Å². The van der Waals surface area contributed by atoms with Gasteiger partial charge < -0.3 is 14.2 Å². The smallest absolute Gasteiger partial charge is 0.244 e. The molecule has 1 unspecified atom stereocenters. The molecule has 1 fully saturated rings. The van der Waals surface area contributed by atoms with Crippen LogP contribution >= 0.6 is 23.2 Å². The summed E-state index contributed by atoms with van der Waals surface area (Å²) in [4.78, 5) is 2.18. The highest BCUT2D eigenvalue weighted by atomic mass is 35.5. The second-order valence-electron chi connectivity index (χ2n) is 6.93. The van der Waals surface area contributed by atoms with Gasteiger partial charge in [0.2, 0.25) is 16.8 Å². The maximum Gasteiger partial charge on any atom is 0.244 e. The van der Waals surface area contributed by atoms with E-state index in [-0.39, 0.29) is 23.5 Å². The highest BCUT2D eigenvalue weighted by molar-refractivity contribution is 7.89. The number of fused-ring (bicyclic) bond motifs is 1. The van der Waals surface area contributed by atoms with E-state index in [0.717, 1.165) is 12.1 Å².